The molecule has 0 aromatic heterocycles. The van der Waals surface area contributed by atoms with Crippen molar-refractivity contribution in [3.63, 3.8) is 0 Å². The molecule has 2 saturated heterocycles. The van der Waals surface area contributed by atoms with Crippen molar-refractivity contribution in [1.82, 2.24) is 15.5 Å². The van der Waals surface area contributed by atoms with E-state index in [1.165, 1.54) is 23.1 Å². The van der Waals surface area contributed by atoms with Gasteiger partial charge in [-0.05, 0) is 18.6 Å². The number of carbonyl (C=O) groups excluding carboxylic acids is 3. The van der Waals surface area contributed by atoms with Gasteiger partial charge in [-0.2, -0.15) is 0 Å². The summed E-state index contributed by atoms with van der Waals surface area (Å²) in [5, 5.41) is 4.70. The van der Waals surface area contributed by atoms with Crippen LogP contribution in [0.4, 0.5) is 14.9 Å². The van der Waals surface area contributed by atoms with Gasteiger partial charge in [0, 0.05) is 6.54 Å². The van der Waals surface area contributed by atoms with Gasteiger partial charge in [-0.15, -0.1) is 0 Å². The lowest BCUT2D eigenvalue weighted by Gasteiger charge is -2.21. The Hall–Kier alpha value is -2.64. The molecule has 4 N–H and O–H groups in total. The lowest BCUT2D eigenvalue weighted by molar-refractivity contribution is -0.123. The summed E-state index contributed by atoms with van der Waals surface area (Å²) < 4.78 is 13.4. The number of likely N-dealkylation sites (tertiary alicyclic amines) is 1. The second-order valence-electron chi connectivity index (χ2n) is 5.17. The van der Waals surface area contributed by atoms with E-state index in [9.17, 15) is 18.8 Å². The molecule has 2 aliphatic rings. The van der Waals surface area contributed by atoms with E-state index in [-0.39, 0.29) is 24.3 Å². The van der Waals surface area contributed by atoms with Gasteiger partial charge in [0.1, 0.15) is 11.4 Å². The molecule has 1 aromatic carbocycles. The van der Waals surface area contributed by atoms with E-state index in [1.807, 2.05) is 0 Å². The second kappa shape index (κ2) is 4.44. The van der Waals surface area contributed by atoms with E-state index < -0.39 is 29.2 Å². The van der Waals surface area contributed by atoms with Crippen LogP contribution in [0.5, 0.6) is 0 Å². The number of nitrogens with one attached hydrogen (secondary N) is 2. The quantitative estimate of drug-likeness (QED) is 0.494. The minimum Gasteiger partial charge on any atom is -0.396 e. The molecule has 0 bridgehead atoms. The smallest absolute Gasteiger partial charge is 0.322 e. The number of rotatable bonds is 1. The van der Waals surface area contributed by atoms with Crippen molar-refractivity contribution in [2.45, 2.75) is 12.0 Å². The van der Waals surface area contributed by atoms with Crippen LogP contribution in [0.25, 0.3) is 0 Å². The predicted octanol–water partition coefficient (Wildman–Crippen LogP) is -0.168. The summed E-state index contributed by atoms with van der Waals surface area (Å²) in [6.45, 7) is 0.321. The first-order valence-corrected chi connectivity index (χ1v) is 6.40. The second-order valence-corrected chi connectivity index (χ2v) is 5.17. The average molecular weight is 292 g/mol. The lowest BCUT2D eigenvalue weighted by atomic mass is 9.99. The summed E-state index contributed by atoms with van der Waals surface area (Å²) in [5.41, 5.74) is 4.32. The number of benzene rings is 1. The van der Waals surface area contributed by atoms with Gasteiger partial charge < -0.3 is 16.0 Å². The van der Waals surface area contributed by atoms with E-state index in [4.69, 9.17) is 5.73 Å². The number of halogens is 1. The molecule has 0 radical (unpaired) electrons. The summed E-state index contributed by atoms with van der Waals surface area (Å²) in [6.07, 6.45) is 0.311. The van der Waals surface area contributed by atoms with Gasteiger partial charge in [0.15, 0.2) is 0 Å². The van der Waals surface area contributed by atoms with Crippen molar-refractivity contribution in [2.75, 3.05) is 18.8 Å². The van der Waals surface area contributed by atoms with Gasteiger partial charge >= 0.3 is 6.03 Å². The standard InChI is InChI=1S/C13H13FN4O3/c14-8-3-1-2-7(9(8)15)10(19)18-5-4-13(6-18)11(20)16-12(21)17-13/h1-3H,4-6,15H2,(H2,16,17,20,21). The molecule has 2 aliphatic heterocycles. The van der Waals surface area contributed by atoms with Crippen molar-refractivity contribution in [2.24, 2.45) is 0 Å². The van der Waals surface area contributed by atoms with E-state index >= 15 is 0 Å². The van der Waals surface area contributed by atoms with Gasteiger partial charge in [-0.25, -0.2) is 9.18 Å². The molecule has 110 valence electrons. The molecule has 3 rings (SSSR count). The Balaban J connectivity index is 1.83. The first-order valence-electron chi connectivity index (χ1n) is 6.40. The number of nitrogens with two attached hydrogens (primary N) is 1. The number of nitrogen functional groups attached to an aromatic ring is 1. The first kappa shape index (κ1) is 13.3. The Bertz CT molecular complexity index is 663. The van der Waals surface area contributed by atoms with Crippen molar-refractivity contribution in [1.29, 1.82) is 0 Å². The third-order valence-corrected chi connectivity index (χ3v) is 3.85. The summed E-state index contributed by atoms with van der Waals surface area (Å²) in [5.74, 6) is -1.57. The zero-order chi connectivity index (χ0) is 15.2. The monoisotopic (exact) mass is 292 g/mol. The van der Waals surface area contributed by atoms with E-state index in [0.29, 0.717) is 6.42 Å². The maximum Gasteiger partial charge on any atom is 0.322 e. The van der Waals surface area contributed by atoms with Crippen molar-refractivity contribution < 1.29 is 18.8 Å². The van der Waals surface area contributed by atoms with Crippen LogP contribution in [0.3, 0.4) is 0 Å². The topological polar surface area (TPSA) is 105 Å². The average Bonchev–Trinajstić information content (AvgIpc) is 2.97. The number of urea groups is 1. The highest BCUT2D eigenvalue weighted by Crippen LogP contribution is 2.27. The molecule has 0 saturated carbocycles. The molecule has 8 heteroatoms. The molecule has 2 fully saturated rings. The number of carbonyl (C=O) groups is 3. The zero-order valence-electron chi connectivity index (χ0n) is 11.0. The molecular formula is C13H13FN4O3. The maximum absolute atomic E-state index is 13.4. The molecule has 1 aromatic rings. The van der Waals surface area contributed by atoms with Crippen LogP contribution in [-0.4, -0.2) is 41.4 Å². The van der Waals surface area contributed by atoms with Crippen LogP contribution in [0.1, 0.15) is 16.8 Å². The number of hydrogen-bond acceptors (Lipinski definition) is 4. The Kier molecular flexibility index (Phi) is 2.82. The fraction of sp³-hybridized carbons (Fsp3) is 0.308. The highest BCUT2D eigenvalue weighted by atomic mass is 19.1. The summed E-state index contributed by atoms with van der Waals surface area (Å²) in [7, 11) is 0. The van der Waals surface area contributed by atoms with Crippen LogP contribution in [-0.2, 0) is 4.79 Å². The van der Waals surface area contributed by atoms with E-state index in [1.54, 1.807) is 0 Å². The van der Waals surface area contributed by atoms with Crippen molar-refractivity contribution in [3.8, 4) is 0 Å². The summed E-state index contributed by atoms with van der Waals surface area (Å²) >= 11 is 0. The number of anilines is 1. The number of para-hydroxylation sites is 1. The molecule has 21 heavy (non-hydrogen) atoms. The van der Waals surface area contributed by atoms with Gasteiger partial charge in [-0.3, -0.25) is 14.9 Å². The van der Waals surface area contributed by atoms with Crippen LogP contribution < -0.4 is 16.4 Å². The Labute approximate surface area is 119 Å². The Morgan fingerprint density at radius 3 is 2.81 bits per heavy atom. The molecule has 1 spiro atoms. The molecule has 1 atom stereocenters. The van der Waals surface area contributed by atoms with Gasteiger partial charge in [0.05, 0.1) is 17.8 Å². The van der Waals surface area contributed by atoms with Crippen LogP contribution in [0.2, 0.25) is 0 Å². The molecule has 4 amide bonds. The molecule has 0 aliphatic carbocycles. The highest BCUT2D eigenvalue weighted by Gasteiger charge is 2.51. The summed E-state index contributed by atoms with van der Waals surface area (Å²) in [4.78, 5) is 36.8. The highest BCUT2D eigenvalue weighted by molar-refractivity contribution is 6.08. The first-order chi connectivity index (χ1) is 9.93. The van der Waals surface area contributed by atoms with E-state index in [0.717, 1.165) is 0 Å². The van der Waals surface area contributed by atoms with Gasteiger partial charge in [-0.1, -0.05) is 6.07 Å². The minimum atomic E-state index is -1.09. The van der Waals surface area contributed by atoms with Crippen molar-refractivity contribution >= 4 is 23.5 Å². The number of amides is 4. The normalized spacial score (nSPS) is 24.3. The fourth-order valence-electron chi connectivity index (χ4n) is 2.69. The molecular weight excluding hydrogens is 279 g/mol. The summed E-state index contributed by atoms with van der Waals surface area (Å²) in [6, 6.07) is 3.43. The largest absolute Gasteiger partial charge is 0.396 e. The SMILES string of the molecule is Nc1c(F)cccc1C(=O)N1CCC2(C1)NC(=O)NC2=O. The number of hydrogen-bond donors (Lipinski definition) is 3. The maximum atomic E-state index is 13.4. The van der Waals surface area contributed by atoms with Crippen molar-refractivity contribution in [3.05, 3.63) is 29.6 Å². The minimum absolute atomic E-state index is 0.0410. The van der Waals surface area contributed by atoms with Gasteiger partial charge in [0.2, 0.25) is 0 Å². The molecule has 1 unspecified atom stereocenters. The Morgan fingerprint density at radius 1 is 1.38 bits per heavy atom. The molecule has 2 heterocycles. The predicted molar refractivity (Wildman–Crippen MR) is 70.7 cm³/mol. The van der Waals surface area contributed by atoms with Crippen LogP contribution in [0, 0.1) is 5.82 Å². The van der Waals surface area contributed by atoms with Crippen LogP contribution >= 0.6 is 0 Å². The Morgan fingerprint density at radius 2 is 2.14 bits per heavy atom. The number of nitrogens with zero attached hydrogens (tertiary/aromatic N) is 1. The zero-order valence-corrected chi connectivity index (χ0v) is 11.0. The third-order valence-electron chi connectivity index (χ3n) is 3.85. The third kappa shape index (κ3) is 1.99. The van der Waals surface area contributed by atoms with E-state index in [2.05, 4.69) is 10.6 Å². The van der Waals surface area contributed by atoms with Crippen LogP contribution in [0.15, 0.2) is 18.2 Å². The lowest BCUT2D eigenvalue weighted by Crippen LogP contribution is -2.49. The number of imide groups is 1. The van der Waals surface area contributed by atoms with Gasteiger partial charge in [0.25, 0.3) is 11.8 Å². The fourth-order valence-corrected chi connectivity index (χ4v) is 2.69. The molecule has 7 nitrogen and oxygen atoms in total.